The van der Waals surface area contributed by atoms with Crippen LogP contribution in [-0.4, -0.2) is 17.1 Å². The van der Waals surface area contributed by atoms with E-state index in [1.54, 1.807) is 0 Å². The first kappa shape index (κ1) is 16.6. The van der Waals surface area contributed by atoms with Gasteiger partial charge in [-0.25, -0.2) is 4.79 Å². The van der Waals surface area contributed by atoms with Crippen LogP contribution in [0.2, 0.25) is 0 Å². The molecule has 1 aliphatic carbocycles. The number of aromatic nitrogens is 1. The van der Waals surface area contributed by atoms with E-state index >= 15 is 0 Å². The number of hydrogen-bond donors (Lipinski definition) is 3. The van der Waals surface area contributed by atoms with Crippen LogP contribution in [0.5, 0.6) is 0 Å². The fourth-order valence-corrected chi connectivity index (χ4v) is 3.31. The van der Waals surface area contributed by atoms with Gasteiger partial charge in [-0.2, -0.15) is 0 Å². The summed E-state index contributed by atoms with van der Waals surface area (Å²) in [5, 5.41) is 6.80. The molecule has 5 heteroatoms. The normalized spacial score (nSPS) is 15.4. The molecule has 128 valence electrons. The fourth-order valence-electron chi connectivity index (χ4n) is 3.31. The number of fused-ring (bicyclic) bond motifs is 1. The standard InChI is InChI=1S/C19H25N3O2/c1-12-8-14-10-15(18(23)22-17(14)9-13(12)2)11-20-19(24)21-16-6-4-3-5-7-16/h8-10,16H,3-7,11H2,1-2H3,(H,22,23)(H2,20,21,24). The molecule has 1 aromatic heterocycles. The van der Waals surface area contributed by atoms with Crippen molar-refractivity contribution >= 4 is 16.9 Å². The Labute approximate surface area is 141 Å². The van der Waals surface area contributed by atoms with E-state index < -0.39 is 0 Å². The van der Waals surface area contributed by atoms with Gasteiger partial charge in [0, 0.05) is 23.7 Å². The first-order valence-electron chi connectivity index (χ1n) is 8.70. The van der Waals surface area contributed by atoms with E-state index in [1.807, 2.05) is 19.1 Å². The zero-order valence-electron chi connectivity index (χ0n) is 14.4. The number of H-pyrrole nitrogens is 1. The van der Waals surface area contributed by atoms with Crippen molar-refractivity contribution in [1.29, 1.82) is 0 Å². The average molecular weight is 327 g/mol. The average Bonchev–Trinajstić information content (AvgIpc) is 2.56. The van der Waals surface area contributed by atoms with Crippen molar-refractivity contribution in [1.82, 2.24) is 15.6 Å². The van der Waals surface area contributed by atoms with Crippen molar-refractivity contribution in [3.63, 3.8) is 0 Å². The maximum atomic E-state index is 12.2. The summed E-state index contributed by atoms with van der Waals surface area (Å²) in [6, 6.07) is 5.98. The third kappa shape index (κ3) is 3.78. The Morgan fingerprint density at radius 1 is 1.12 bits per heavy atom. The van der Waals surface area contributed by atoms with E-state index in [1.165, 1.54) is 24.8 Å². The number of carbonyl (C=O) groups excluding carboxylic acids is 1. The smallest absolute Gasteiger partial charge is 0.315 e. The lowest BCUT2D eigenvalue weighted by Gasteiger charge is -2.22. The molecule has 0 aliphatic heterocycles. The van der Waals surface area contributed by atoms with Crippen molar-refractivity contribution in [2.75, 3.05) is 0 Å². The summed E-state index contributed by atoms with van der Waals surface area (Å²) in [6.45, 7) is 4.31. The molecule has 0 radical (unpaired) electrons. The van der Waals surface area contributed by atoms with Crippen LogP contribution >= 0.6 is 0 Å². The molecule has 2 amide bonds. The second-order valence-electron chi connectivity index (χ2n) is 6.81. The highest BCUT2D eigenvalue weighted by atomic mass is 16.2. The Morgan fingerprint density at radius 3 is 2.58 bits per heavy atom. The Balaban J connectivity index is 1.68. The van der Waals surface area contributed by atoms with Gasteiger partial charge in [-0.3, -0.25) is 4.79 Å². The zero-order valence-corrected chi connectivity index (χ0v) is 14.4. The Bertz CT molecular complexity index is 804. The van der Waals surface area contributed by atoms with E-state index in [4.69, 9.17) is 0 Å². The maximum Gasteiger partial charge on any atom is 0.315 e. The first-order chi connectivity index (χ1) is 11.5. The number of pyridine rings is 1. The summed E-state index contributed by atoms with van der Waals surface area (Å²) in [5.41, 5.74) is 3.59. The summed E-state index contributed by atoms with van der Waals surface area (Å²) in [6.07, 6.45) is 5.69. The molecule has 0 atom stereocenters. The van der Waals surface area contributed by atoms with Crippen molar-refractivity contribution in [2.45, 2.75) is 58.5 Å². The highest BCUT2D eigenvalue weighted by Gasteiger charge is 2.15. The highest BCUT2D eigenvalue weighted by molar-refractivity contribution is 5.81. The number of hydrogen-bond acceptors (Lipinski definition) is 2. The monoisotopic (exact) mass is 327 g/mol. The minimum atomic E-state index is -0.193. The van der Waals surface area contributed by atoms with E-state index in [0.29, 0.717) is 5.56 Å². The predicted molar refractivity (Wildman–Crippen MR) is 96.3 cm³/mol. The van der Waals surface area contributed by atoms with E-state index in [9.17, 15) is 9.59 Å². The Kier molecular flexibility index (Phi) is 4.88. The van der Waals surface area contributed by atoms with Gasteiger partial charge in [0.05, 0.1) is 0 Å². The lowest BCUT2D eigenvalue weighted by atomic mass is 9.96. The van der Waals surface area contributed by atoms with Crippen LogP contribution < -0.4 is 16.2 Å². The van der Waals surface area contributed by atoms with Gasteiger partial charge in [-0.15, -0.1) is 0 Å². The summed E-state index contributed by atoms with van der Waals surface area (Å²) in [4.78, 5) is 27.1. The molecule has 1 aromatic carbocycles. The number of aromatic amines is 1. The van der Waals surface area contributed by atoms with Crippen molar-refractivity contribution in [3.05, 3.63) is 45.2 Å². The Hall–Kier alpha value is -2.30. The maximum absolute atomic E-state index is 12.2. The van der Waals surface area contributed by atoms with Crippen LogP contribution in [0.25, 0.3) is 10.9 Å². The van der Waals surface area contributed by atoms with Gasteiger partial charge in [0.2, 0.25) is 0 Å². The van der Waals surface area contributed by atoms with Crippen LogP contribution in [-0.2, 0) is 6.54 Å². The van der Waals surface area contributed by atoms with E-state index in [-0.39, 0.29) is 24.2 Å². The molecule has 5 nitrogen and oxygen atoms in total. The lowest BCUT2D eigenvalue weighted by molar-refractivity contribution is 0.232. The van der Waals surface area contributed by atoms with Crippen LogP contribution in [0.4, 0.5) is 4.79 Å². The number of amides is 2. The summed E-state index contributed by atoms with van der Waals surface area (Å²) in [7, 11) is 0. The number of urea groups is 1. The Morgan fingerprint density at radius 2 is 1.83 bits per heavy atom. The van der Waals surface area contributed by atoms with Crippen molar-refractivity contribution < 1.29 is 4.79 Å². The fraction of sp³-hybridized carbons (Fsp3) is 0.474. The molecule has 0 bridgehead atoms. The first-order valence-corrected chi connectivity index (χ1v) is 8.70. The molecule has 0 spiro atoms. The molecular weight excluding hydrogens is 302 g/mol. The SMILES string of the molecule is Cc1cc2cc(CNC(=O)NC3CCCCC3)c(=O)[nH]c2cc1C. The molecule has 1 saturated carbocycles. The van der Waals surface area contributed by atoms with Gasteiger partial charge in [0.25, 0.3) is 5.56 Å². The van der Waals surface area contributed by atoms with Gasteiger partial charge in [0.1, 0.15) is 0 Å². The molecule has 3 N–H and O–H groups in total. The predicted octanol–water partition coefficient (Wildman–Crippen LogP) is 3.28. The van der Waals surface area contributed by atoms with Crippen molar-refractivity contribution in [2.24, 2.45) is 0 Å². The van der Waals surface area contributed by atoms with Crippen molar-refractivity contribution in [3.8, 4) is 0 Å². The van der Waals surface area contributed by atoms with Crippen LogP contribution in [0.1, 0.15) is 48.8 Å². The second-order valence-corrected chi connectivity index (χ2v) is 6.81. The lowest BCUT2D eigenvalue weighted by Crippen LogP contribution is -2.43. The molecule has 3 rings (SSSR count). The molecular formula is C19H25N3O2. The quantitative estimate of drug-likeness (QED) is 0.809. The molecule has 0 unspecified atom stereocenters. The number of nitrogens with one attached hydrogen (secondary N) is 3. The highest BCUT2D eigenvalue weighted by Crippen LogP contribution is 2.18. The van der Waals surface area contributed by atoms with E-state index in [0.717, 1.165) is 29.3 Å². The van der Waals surface area contributed by atoms with Gasteiger partial charge < -0.3 is 15.6 Å². The number of aryl methyl sites for hydroxylation is 2. The number of benzene rings is 1. The molecule has 1 fully saturated rings. The molecule has 1 aliphatic rings. The third-order valence-electron chi connectivity index (χ3n) is 4.92. The minimum absolute atomic E-state index is 0.149. The molecule has 24 heavy (non-hydrogen) atoms. The number of carbonyl (C=O) groups is 1. The number of rotatable bonds is 3. The molecule has 2 aromatic rings. The van der Waals surface area contributed by atoms with Gasteiger partial charge in [0.15, 0.2) is 0 Å². The summed E-state index contributed by atoms with van der Waals surface area (Å²) < 4.78 is 0. The van der Waals surface area contributed by atoms with Crippen LogP contribution in [0.15, 0.2) is 23.0 Å². The zero-order chi connectivity index (χ0) is 17.1. The van der Waals surface area contributed by atoms with Gasteiger partial charge >= 0.3 is 6.03 Å². The third-order valence-corrected chi connectivity index (χ3v) is 4.92. The van der Waals surface area contributed by atoms with Crippen LogP contribution in [0, 0.1) is 13.8 Å². The molecule has 0 saturated heterocycles. The largest absolute Gasteiger partial charge is 0.335 e. The molecule has 1 heterocycles. The van der Waals surface area contributed by atoms with E-state index in [2.05, 4.69) is 28.6 Å². The van der Waals surface area contributed by atoms with Gasteiger partial charge in [-0.1, -0.05) is 19.3 Å². The second kappa shape index (κ2) is 7.07. The van der Waals surface area contributed by atoms with Crippen LogP contribution in [0.3, 0.4) is 0 Å². The topological polar surface area (TPSA) is 74.0 Å². The van der Waals surface area contributed by atoms with Gasteiger partial charge in [-0.05, 0) is 61.4 Å². The summed E-state index contributed by atoms with van der Waals surface area (Å²) >= 11 is 0. The summed E-state index contributed by atoms with van der Waals surface area (Å²) in [5.74, 6) is 0. The minimum Gasteiger partial charge on any atom is -0.335 e.